The molecule has 1 saturated carbocycles. The maximum absolute atomic E-state index is 12.9. The smallest absolute Gasteiger partial charge is 0.321 e. The Hall–Kier alpha value is -2.03. The molecule has 0 spiro atoms. The number of urea groups is 1. The average Bonchev–Trinajstić information content (AvgIpc) is 2.61. The van der Waals surface area contributed by atoms with Gasteiger partial charge in [0, 0.05) is 18.0 Å². The maximum Gasteiger partial charge on any atom is 0.322 e. The predicted molar refractivity (Wildman–Crippen MR) is 94.7 cm³/mol. The van der Waals surface area contributed by atoms with E-state index in [1.54, 1.807) is 0 Å². The minimum absolute atomic E-state index is 0.0814. The molecule has 0 radical (unpaired) electrons. The van der Waals surface area contributed by atoms with E-state index in [0.29, 0.717) is 6.04 Å². The first-order chi connectivity index (χ1) is 11.3. The molecular formula is C20H24N2O. The molecule has 2 fully saturated rings. The number of rotatable bonds is 1. The molecule has 3 nitrogen and oxygen atoms in total. The molecular weight excluding hydrogens is 284 g/mol. The summed E-state index contributed by atoms with van der Waals surface area (Å²) in [5, 5.41) is 5.45. The molecule has 1 saturated heterocycles. The van der Waals surface area contributed by atoms with E-state index in [-0.39, 0.29) is 6.03 Å². The molecule has 0 unspecified atom stereocenters. The van der Waals surface area contributed by atoms with Crippen molar-refractivity contribution in [1.82, 2.24) is 4.90 Å². The lowest BCUT2D eigenvalue weighted by molar-refractivity contribution is 0.0910. The van der Waals surface area contributed by atoms with Crippen LogP contribution in [0.1, 0.15) is 38.5 Å². The molecule has 2 atom stereocenters. The standard InChI is InChI=1S/C20H24N2O/c23-20(22-14-6-10-16-8-2-4-13-19(16)22)21-18-12-5-9-15-7-1-3-11-17(15)18/h1,3,5,7,9,11-12,16,19H,2,4,6,8,10,13-14H2,(H,21,23)/t16-,19+/m1/s1. The van der Waals surface area contributed by atoms with E-state index in [1.165, 1.54) is 37.5 Å². The minimum Gasteiger partial charge on any atom is -0.321 e. The number of fused-ring (bicyclic) bond motifs is 2. The highest BCUT2D eigenvalue weighted by Gasteiger charge is 2.35. The van der Waals surface area contributed by atoms with Crippen LogP contribution in [-0.2, 0) is 0 Å². The Kier molecular flexibility index (Phi) is 3.94. The van der Waals surface area contributed by atoms with Gasteiger partial charge in [0.05, 0.1) is 5.69 Å². The van der Waals surface area contributed by atoms with Crippen LogP contribution in [0.2, 0.25) is 0 Å². The van der Waals surface area contributed by atoms with Crippen molar-refractivity contribution in [2.75, 3.05) is 11.9 Å². The molecule has 0 bridgehead atoms. The highest BCUT2D eigenvalue weighted by molar-refractivity contribution is 6.01. The van der Waals surface area contributed by atoms with Gasteiger partial charge in [0.15, 0.2) is 0 Å². The van der Waals surface area contributed by atoms with Crippen molar-refractivity contribution < 1.29 is 4.79 Å². The quantitative estimate of drug-likeness (QED) is 0.787. The van der Waals surface area contributed by atoms with E-state index in [4.69, 9.17) is 0 Å². The molecule has 2 amide bonds. The lowest BCUT2D eigenvalue weighted by atomic mass is 9.78. The summed E-state index contributed by atoms with van der Waals surface area (Å²) in [6.45, 7) is 0.901. The Morgan fingerprint density at radius 3 is 2.70 bits per heavy atom. The third kappa shape index (κ3) is 2.80. The van der Waals surface area contributed by atoms with Gasteiger partial charge in [-0.1, -0.05) is 49.2 Å². The lowest BCUT2D eigenvalue weighted by Gasteiger charge is -2.44. The first-order valence-corrected chi connectivity index (χ1v) is 8.88. The Bertz CT molecular complexity index is 704. The maximum atomic E-state index is 12.9. The lowest BCUT2D eigenvalue weighted by Crippen LogP contribution is -2.51. The average molecular weight is 308 g/mol. The highest BCUT2D eigenvalue weighted by Crippen LogP contribution is 2.35. The second-order valence-corrected chi connectivity index (χ2v) is 6.90. The van der Waals surface area contributed by atoms with Crippen molar-refractivity contribution in [3.63, 3.8) is 0 Å². The highest BCUT2D eigenvalue weighted by atomic mass is 16.2. The zero-order valence-electron chi connectivity index (χ0n) is 13.5. The summed E-state index contributed by atoms with van der Waals surface area (Å²) in [4.78, 5) is 15.0. The molecule has 2 aromatic rings. The number of benzene rings is 2. The fraction of sp³-hybridized carbons (Fsp3) is 0.450. The largest absolute Gasteiger partial charge is 0.322 e. The number of carbonyl (C=O) groups is 1. The Morgan fingerprint density at radius 1 is 0.957 bits per heavy atom. The molecule has 1 aliphatic heterocycles. The summed E-state index contributed by atoms with van der Waals surface area (Å²) in [7, 11) is 0. The van der Waals surface area contributed by atoms with Gasteiger partial charge in [-0.3, -0.25) is 0 Å². The predicted octanol–water partition coefficient (Wildman–Crippen LogP) is 5.03. The van der Waals surface area contributed by atoms with Crippen LogP contribution in [0.5, 0.6) is 0 Å². The van der Waals surface area contributed by atoms with E-state index in [2.05, 4.69) is 28.4 Å². The van der Waals surface area contributed by atoms with Crippen molar-refractivity contribution in [2.24, 2.45) is 5.92 Å². The van der Waals surface area contributed by atoms with Crippen molar-refractivity contribution in [2.45, 2.75) is 44.6 Å². The van der Waals surface area contributed by atoms with Gasteiger partial charge in [0.2, 0.25) is 0 Å². The third-order valence-corrected chi connectivity index (χ3v) is 5.54. The first kappa shape index (κ1) is 14.6. The zero-order valence-corrected chi connectivity index (χ0v) is 13.5. The third-order valence-electron chi connectivity index (χ3n) is 5.54. The van der Waals surface area contributed by atoms with E-state index in [1.807, 2.05) is 24.3 Å². The summed E-state index contributed by atoms with van der Waals surface area (Å²) >= 11 is 0. The van der Waals surface area contributed by atoms with Gasteiger partial charge < -0.3 is 10.2 Å². The summed E-state index contributed by atoms with van der Waals surface area (Å²) < 4.78 is 0. The number of carbonyl (C=O) groups excluding carboxylic acids is 1. The zero-order chi connectivity index (χ0) is 15.6. The van der Waals surface area contributed by atoms with E-state index in [0.717, 1.165) is 30.0 Å². The molecule has 2 aromatic carbocycles. The van der Waals surface area contributed by atoms with Crippen LogP contribution in [0.25, 0.3) is 10.8 Å². The van der Waals surface area contributed by atoms with Crippen molar-refractivity contribution in [3.8, 4) is 0 Å². The van der Waals surface area contributed by atoms with Crippen molar-refractivity contribution in [3.05, 3.63) is 42.5 Å². The van der Waals surface area contributed by atoms with Gasteiger partial charge in [0.25, 0.3) is 0 Å². The summed E-state index contributed by atoms with van der Waals surface area (Å²) in [6.07, 6.45) is 7.50. The van der Waals surface area contributed by atoms with Crippen LogP contribution in [0.4, 0.5) is 10.5 Å². The van der Waals surface area contributed by atoms with Crippen LogP contribution < -0.4 is 5.32 Å². The number of hydrogen-bond donors (Lipinski definition) is 1. The molecule has 2 aliphatic rings. The van der Waals surface area contributed by atoms with E-state index >= 15 is 0 Å². The van der Waals surface area contributed by atoms with Crippen molar-refractivity contribution >= 4 is 22.5 Å². The Labute approximate surface area is 137 Å². The van der Waals surface area contributed by atoms with Crippen LogP contribution in [0, 0.1) is 5.92 Å². The Morgan fingerprint density at radius 2 is 1.74 bits per heavy atom. The number of nitrogens with one attached hydrogen (secondary N) is 1. The molecule has 0 aromatic heterocycles. The van der Waals surface area contributed by atoms with Gasteiger partial charge in [-0.05, 0) is 43.1 Å². The minimum atomic E-state index is 0.0814. The number of nitrogens with zero attached hydrogens (tertiary/aromatic N) is 1. The van der Waals surface area contributed by atoms with Crippen LogP contribution >= 0.6 is 0 Å². The van der Waals surface area contributed by atoms with Crippen molar-refractivity contribution in [1.29, 1.82) is 0 Å². The molecule has 23 heavy (non-hydrogen) atoms. The molecule has 120 valence electrons. The second-order valence-electron chi connectivity index (χ2n) is 6.90. The molecule has 1 N–H and O–H groups in total. The van der Waals surface area contributed by atoms with Gasteiger partial charge in [0.1, 0.15) is 0 Å². The second kappa shape index (κ2) is 6.23. The summed E-state index contributed by atoms with van der Waals surface area (Å²) in [6, 6.07) is 14.9. The molecule has 4 rings (SSSR count). The SMILES string of the molecule is O=C(Nc1cccc2ccccc12)N1CCC[C@H]2CCCC[C@@H]21. The topological polar surface area (TPSA) is 32.3 Å². The number of hydrogen-bond acceptors (Lipinski definition) is 1. The fourth-order valence-corrected chi connectivity index (χ4v) is 4.40. The van der Waals surface area contributed by atoms with Gasteiger partial charge in [-0.25, -0.2) is 4.79 Å². The Balaban J connectivity index is 1.56. The normalized spacial score (nSPS) is 24.3. The van der Waals surface area contributed by atoms with Crippen LogP contribution in [0.15, 0.2) is 42.5 Å². The fourth-order valence-electron chi connectivity index (χ4n) is 4.40. The molecule has 1 aliphatic carbocycles. The van der Waals surface area contributed by atoms with E-state index in [9.17, 15) is 4.79 Å². The molecule has 1 heterocycles. The molecule has 3 heteroatoms. The number of anilines is 1. The number of piperidine rings is 1. The summed E-state index contributed by atoms with van der Waals surface area (Å²) in [5.74, 6) is 0.718. The first-order valence-electron chi connectivity index (χ1n) is 8.88. The van der Waals surface area contributed by atoms with E-state index < -0.39 is 0 Å². The van der Waals surface area contributed by atoms with Crippen LogP contribution in [0.3, 0.4) is 0 Å². The van der Waals surface area contributed by atoms with Gasteiger partial charge in [-0.2, -0.15) is 0 Å². The van der Waals surface area contributed by atoms with Gasteiger partial charge >= 0.3 is 6.03 Å². The summed E-state index contributed by atoms with van der Waals surface area (Å²) in [5.41, 5.74) is 0.922. The number of amides is 2. The monoisotopic (exact) mass is 308 g/mol. The van der Waals surface area contributed by atoms with Gasteiger partial charge in [-0.15, -0.1) is 0 Å². The number of likely N-dealkylation sites (tertiary alicyclic amines) is 1. The van der Waals surface area contributed by atoms with Crippen LogP contribution in [-0.4, -0.2) is 23.5 Å².